The zero-order valence-electron chi connectivity index (χ0n) is 12.9. The Morgan fingerprint density at radius 1 is 1.55 bits per heavy atom. The number of nitrogens with one attached hydrogen (secondary N) is 1. The van der Waals surface area contributed by atoms with E-state index in [1.54, 1.807) is 0 Å². The highest BCUT2D eigenvalue weighted by Gasteiger charge is 2.42. The highest BCUT2D eigenvalue weighted by Crippen LogP contribution is 2.32. The van der Waals surface area contributed by atoms with Gasteiger partial charge in [0.15, 0.2) is 0 Å². The molecule has 0 spiro atoms. The summed E-state index contributed by atoms with van der Waals surface area (Å²) >= 11 is 0. The zero-order chi connectivity index (χ0) is 14.6. The average Bonchev–Trinajstić information content (AvgIpc) is 2.45. The summed E-state index contributed by atoms with van der Waals surface area (Å²) in [6.07, 6.45) is 5.26. The van der Waals surface area contributed by atoms with Gasteiger partial charge in [0.1, 0.15) is 0 Å². The van der Waals surface area contributed by atoms with Crippen molar-refractivity contribution in [2.75, 3.05) is 26.2 Å². The number of nitrogens with zero attached hydrogens (tertiary/aromatic N) is 1. The van der Waals surface area contributed by atoms with Crippen LogP contribution in [0, 0.1) is 0 Å². The number of carbonyl (C=O) groups excluding carboxylic acids is 1. The molecule has 0 radical (unpaired) electrons. The molecule has 3 unspecified atom stereocenters. The molecule has 5 nitrogen and oxygen atoms in total. The fourth-order valence-corrected chi connectivity index (χ4v) is 3.57. The maximum absolute atomic E-state index is 12.0. The van der Waals surface area contributed by atoms with Gasteiger partial charge in [0.25, 0.3) is 0 Å². The molecule has 2 aliphatic rings. The SMILES string of the molecule is CCCNC1(C(N)=O)CCCC(N2CCOC(C)C2)C1. The summed E-state index contributed by atoms with van der Waals surface area (Å²) in [6, 6.07) is 0.451. The number of hydrogen-bond acceptors (Lipinski definition) is 4. The van der Waals surface area contributed by atoms with E-state index >= 15 is 0 Å². The monoisotopic (exact) mass is 283 g/mol. The molecule has 0 aromatic rings. The van der Waals surface area contributed by atoms with Gasteiger partial charge in [-0.15, -0.1) is 0 Å². The fraction of sp³-hybridized carbons (Fsp3) is 0.933. The molecule has 0 bridgehead atoms. The fourth-order valence-electron chi connectivity index (χ4n) is 3.57. The lowest BCUT2D eigenvalue weighted by molar-refractivity contribution is -0.127. The minimum absolute atomic E-state index is 0.183. The van der Waals surface area contributed by atoms with Crippen LogP contribution >= 0.6 is 0 Å². The summed E-state index contributed by atoms with van der Waals surface area (Å²) in [4.78, 5) is 14.5. The molecule has 0 aromatic carbocycles. The summed E-state index contributed by atoms with van der Waals surface area (Å²) in [5.74, 6) is -0.183. The third-order valence-corrected chi connectivity index (χ3v) is 4.70. The standard InChI is InChI=1S/C15H29N3O2/c1-3-7-17-15(14(16)19)6-4-5-13(10-15)18-8-9-20-12(2)11-18/h12-13,17H,3-11H2,1-2H3,(H2,16,19). The number of carbonyl (C=O) groups is 1. The highest BCUT2D eigenvalue weighted by molar-refractivity contribution is 5.84. The van der Waals surface area contributed by atoms with E-state index in [0.29, 0.717) is 6.04 Å². The van der Waals surface area contributed by atoms with Crippen molar-refractivity contribution in [1.82, 2.24) is 10.2 Å². The molecule has 2 fully saturated rings. The summed E-state index contributed by atoms with van der Waals surface area (Å²) in [6.45, 7) is 7.82. The van der Waals surface area contributed by atoms with E-state index < -0.39 is 5.54 Å². The molecule has 5 heteroatoms. The maximum Gasteiger partial charge on any atom is 0.237 e. The topological polar surface area (TPSA) is 67.6 Å². The van der Waals surface area contributed by atoms with Crippen molar-refractivity contribution in [3.8, 4) is 0 Å². The largest absolute Gasteiger partial charge is 0.376 e. The predicted molar refractivity (Wildman–Crippen MR) is 79.5 cm³/mol. The van der Waals surface area contributed by atoms with Crippen LogP contribution in [0.1, 0.15) is 46.0 Å². The van der Waals surface area contributed by atoms with Crippen molar-refractivity contribution in [2.24, 2.45) is 5.73 Å². The molecular formula is C15H29N3O2. The third kappa shape index (κ3) is 3.51. The first kappa shape index (κ1) is 15.7. The van der Waals surface area contributed by atoms with Gasteiger partial charge < -0.3 is 15.8 Å². The molecule has 20 heavy (non-hydrogen) atoms. The first-order valence-electron chi connectivity index (χ1n) is 7.98. The first-order chi connectivity index (χ1) is 9.57. The van der Waals surface area contributed by atoms with Gasteiger partial charge in [0, 0.05) is 19.1 Å². The van der Waals surface area contributed by atoms with Crippen LogP contribution in [0.4, 0.5) is 0 Å². The van der Waals surface area contributed by atoms with Crippen LogP contribution in [0.2, 0.25) is 0 Å². The van der Waals surface area contributed by atoms with E-state index in [1.807, 2.05) is 0 Å². The molecule has 3 N–H and O–H groups in total. The van der Waals surface area contributed by atoms with Crippen LogP contribution in [-0.4, -0.2) is 54.7 Å². The highest BCUT2D eigenvalue weighted by atomic mass is 16.5. The third-order valence-electron chi connectivity index (χ3n) is 4.70. The van der Waals surface area contributed by atoms with Crippen molar-refractivity contribution >= 4 is 5.91 Å². The number of amides is 1. The van der Waals surface area contributed by atoms with E-state index in [2.05, 4.69) is 24.1 Å². The quantitative estimate of drug-likeness (QED) is 0.786. The molecule has 116 valence electrons. The van der Waals surface area contributed by atoms with E-state index in [4.69, 9.17) is 10.5 Å². The number of rotatable bonds is 5. The van der Waals surface area contributed by atoms with Crippen molar-refractivity contribution in [2.45, 2.75) is 63.6 Å². The Bertz CT molecular complexity index is 337. The van der Waals surface area contributed by atoms with Gasteiger partial charge in [-0.3, -0.25) is 9.69 Å². The molecule has 0 aromatic heterocycles. The number of nitrogens with two attached hydrogens (primary N) is 1. The molecule has 2 rings (SSSR count). The molecule has 1 heterocycles. The van der Waals surface area contributed by atoms with E-state index in [0.717, 1.165) is 58.3 Å². The minimum Gasteiger partial charge on any atom is -0.376 e. The lowest BCUT2D eigenvalue weighted by Crippen LogP contribution is -2.61. The van der Waals surface area contributed by atoms with Gasteiger partial charge in [-0.25, -0.2) is 0 Å². The molecule has 1 amide bonds. The van der Waals surface area contributed by atoms with E-state index in [-0.39, 0.29) is 12.0 Å². The Labute approximate surface area is 122 Å². The number of hydrogen-bond donors (Lipinski definition) is 2. The average molecular weight is 283 g/mol. The molecule has 1 aliphatic carbocycles. The number of ether oxygens (including phenoxy) is 1. The maximum atomic E-state index is 12.0. The Kier molecular flexibility index (Phi) is 5.41. The molecule has 1 saturated carbocycles. The molecule has 3 atom stereocenters. The van der Waals surface area contributed by atoms with Gasteiger partial charge in [0.2, 0.25) is 5.91 Å². The molecule has 1 aliphatic heterocycles. The molecular weight excluding hydrogens is 254 g/mol. The number of morpholine rings is 1. The Hall–Kier alpha value is -0.650. The van der Waals surface area contributed by atoms with Crippen molar-refractivity contribution < 1.29 is 9.53 Å². The van der Waals surface area contributed by atoms with Gasteiger partial charge in [-0.05, 0) is 45.6 Å². The molecule has 1 saturated heterocycles. The first-order valence-corrected chi connectivity index (χ1v) is 7.98. The summed E-state index contributed by atoms with van der Waals surface area (Å²) in [5.41, 5.74) is 5.22. The van der Waals surface area contributed by atoms with Crippen molar-refractivity contribution in [3.63, 3.8) is 0 Å². The van der Waals surface area contributed by atoms with E-state index in [1.165, 1.54) is 0 Å². The Morgan fingerprint density at radius 3 is 3.00 bits per heavy atom. The van der Waals surface area contributed by atoms with Gasteiger partial charge in [0.05, 0.1) is 18.2 Å². The van der Waals surface area contributed by atoms with Crippen LogP contribution in [0.15, 0.2) is 0 Å². The number of primary amides is 1. The van der Waals surface area contributed by atoms with Gasteiger partial charge >= 0.3 is 0 Å². The minimum atomic E-state index is -0.500. The lowest BCUT2D eigenvalue weighted by atomic mass is 9.77. The normalized spacial score (nSPS) is 35.9. The Morgan fingerprint density at radius 2 is 2.35 bits per heavy atom. The van der Waals surface area contributed by atoms with Crippen LogP contribution in [0.3, 0.4) is 0 Å². The Balaban J connectivity index is 2.03. The summed E-state index contributed by atoms with van der Waals surface area (Å²) in [7, 11) is 0. The van der Waals surface area contributed by atoms with Gasteiger partial charge in [-0.1, -0.05) is 6.92 Å². The van der Waals surface area contributed by atoms with Crippen LogP contribution < -0.4 is 11.1 Å². The second-order valence-electron chi connectivity index (χ2n) is 6.30. The van der Waals surface area contributed by atoms with Crippen molar-refractivity contribution in [3.05, 3.63) is 0 Å². The smallest absolute Gasteiger partial charge is 0.237 e. The summed E-state index contributed by atoms with van der Waals surface area (Å²) < 4.78 is 5.61. The second-order valence-corrected chi connectivity index (χ2v) is 6.30. The van der Waals surface area contributed by atoms with Crippen LogP contribution in [-0.2, 0) is 9.53 Å². The van der Waals surface area contributed by atoms with Crippen LogP contribution in [0.25, 0.3) is 0 Å². The van der Waals surface area contributed by atoms with Crippen LogP contribution in [0.5, 0.6) is 0 Å². The second kappa shape index (κ2) is 6.87. The van der Waals surface area contributed by atoms with E-state index in [9.17, 15) is 4.79 Å². The van der Waals surface area contributed by atoms with Gasteiger partial charge in [-0.2, -0.15) is 0 Å². The predicted octanol–water partition coefficient (Wildman–Crippen LogP) is 0.873. The lowest BCUT2D eigenvalue weighted by Gasteiger charge is -2.45. The summed E-state index contributed by atoms with van der Waals surface area (Å²) in [5, 5.41) is 3.43. The zero-order valence-corrected chi connectivity index (χ0v) is 12.9. The van der Waals surface area contributed by atoms with Crippen molar-refractivity contribution in [1.29, 1.82) is 0 Å².